The number of nitriles is 1. The van der Waals surface area contributed by atoms with Gasteiger partial charge in [-0.3, -0.25) is 9.80 Å². The van der Waals surface area contributed by atoms with Gasteiger partial charge in [-0.15, -0.1) is 6.58 Å². The zero-order chi connectivity index (χ0) is 23.4. The van der Waals surface area contributed by atoms with E-state index in [2.05, 4.69) is 16.4 Å². The second-order valence-corrected chi connectivity index (χ2v) is 8.64. The van der Waals surface area contributed by atoms with Crippen molar-refractivity contribution in [3.8, 4) is 6.07 Å². The van der Waals surface area contributed by atoms with Crippen molar-refractivity contribution in [1.82, 2.24) is 14.7 Å². The highest BCUT2D eigenvalue weighted by atomic mass is 19.1. The number of carbonyl (C=O) groups is 1. The quantitative estimate of drug-likeness (QED) is 0.650. The molecule has 2 aliphatic rings. The van der Waals surface area contributed by atoms with Gasteiger partial charge in [0, 0.05) is 51.4 Å². The van der Waals surface area contributed by atoms with Crippen LogP contribution in [0.5, 0.6) is 0 Å². The number of hydrogen-bond acceptors (Lipinski definition) is 5. The molecular formula is C26H29FN4O2. The number of ether oxygens (including phenoxy) is 1. The van der Waals surface area contributed by atoms with Crippen LogP contribution in [0.1, 0.15) is 28.3 Å². The molecule has 0 radical (unpaired) electrons. The fraction of sp³-hybridized carbons (Fsp3) is 0.385. The molecule has 2 saturated heterocycles. The van der Waals surface area contributed by atoms with Crippen LogP contribution in [0.15, 0.2) is 55.1 Å². The second kappa shape index (κ2) is 10.2. The Bertz CT molecular complexity index is 1050. The first-order chi connectivity index (χ1) is 16.0. The lowest BCUT2D eigenvalue weighted by atomic mass is 9.92. The van der Waals surface area contributed by atoms with Crippen molar-refractivity contribution >= 4 is 6.09 Å². The number of benzene rings is 2. The molecule has 2 aromatic carbocycles. The van der Waals surface area contributed by atoms with E-state index in [1.54, 1.807) is 11.0 Å². The van der Waals surface area contributed by atoms with Crippen molar-refractivity contribution < 1.29 is 13.9 Å². The van der Waals surface area contributed by atoms with Gasteiger partial charge in [0.25, 0.3) is 0 Å². The molecule has 0 aliphatic carbocycles. The molecule has 6 nitrogen and oxygen atoms in total. The number of fused-ring (bicyclic) bond motifs is 1. The van der Waals surface area contributed by atoms with Gasteiger partial charge in [-0.1, -0.05) is 42.5 Å². The first kappa shape index (κ1) is 23.0. The third-order valence-electron chi connectivity index (χ3n) is 6.65. The van der Waals surface area contributed by atoms with E-state index in [1.165, 1.54) is 6.07 Å². The van der Waals surface area contributed by atoms with Gasteiger partial charge in [-0.25, -0.2) is 9.18 Å². The number of carbonyl (C=O) groups excluding carboxylic acids is 1. The molecule has 33 heavy (non-hydrogen) atoms. The van der Waals surface area contributed by atoms with Crippen LogP contribution < -0.4 is 0 Å². The highest BCUT2D eigenvalue weighted by Gasteiger charge is 2.39. The number of hydrogen-bond donors (Lipinski definition) is 0. The molecule has 172 valence electrons. The van der Waals surface area contributed by atoms with Crippen LogP contribution in [0.3, 0.4) is 0 Å². The summed E-state index contributed by atoms with van der Waals surface area (Å²) in [6.07, 6.45) is 1.57. The maximum Gasteiger partial charge on any atom is 0.410 e. The van der Waals surface area contributed by atoms with Gasteiger partial charge in [-0.05, 0) is 29.7 Å². The Labute approximate surface area is 194 Å². The van der Waals surface area contributed by atoms with Gasteiger partial charge < -0.3 is 9.64 Å². The number of nitrogens with zero attached hydrogens (tertiary/aromatic N) is 4. The summed E-state index contributed by atoms with van der Waals surface area (Å²) in [7, 11) is 0. The van der Waals surface area contributed by atoms with Crippen LogP contribution in [-0.4, -0.2) is 66.1 Å². The topological polar surface area (TPSA) is 59.8 Å². The van der Waals surface area contributed by atoms with E-state index in [1.807, 2.05) is 49.4 Å². The van der Waals surface area contributed by atoms with E-state index >= 15 is 0 Å². The number of amides is 1. The average Bonchev–Trinajstić information content (AvgIpc) is 2.83. The van der Waals surface area contributed by atoms with Crippen molar-refractivity contribution in [3.63, 3.8) is 0 Å². The summed E-state index contributed by atoms with van der Waals surface area (Å²) < 4.78 is 19.6. The van der Waals surface area contributed by atoms with E-state index < -0.39 is 5.82 Å². The Kier molecular flexibility index (Phi) is 7.07. The zero-order valence-electron chi connectivity index (χ0n) is 18.9. The fourth-order valence-corrected chi connectivity index (χ4v) is 4.87. The minimum absolute atomic E-state index is 0.0310. The first-order valence-corrected chi connectivity index (χ1v) is 11.3. The van der Waals surface area contributed by atoms with Gasteiger partial charge in [0.2, 0.25) is 0 Å². The average molecular weight is 449 g/mol. The third-order valence-corrected chi connectivity index (χ3v) is 6.65. The van der Waals surface area contributed by atoms with Crippen molar-refractivity contribution in [2.24, 2.45) is 0 Å². The summed E-state index contributed by atoms with van der Waals surface area (Å²) in [5, 5.41) is 9.40. The largest absolute Gasteiger partial charge is 0.445 e. The minimum atomic E-state index is -0.481. The second-order valence-electron chi connectivity index (χ2n) is 8.64. The molecule has 2 fully saturated rings. The first-order valence-electron chi connectivity index (χ1n) is 11.3. The smallest absolute Gasteiger partial charge is 0.410 e. The summed E-state index contributed by atoms with van der Waals surface area (Å²) >= 11 is 0. The van der Waals surface area contributed by atoms with Crippen LogP contribution in [0.25, 0.3) is 0 Å². The predicted molar refractivity (Wildman–Crippen MR) is 124 cm³/mol. The minimum Gasteiger partial charge on any atom is -0.445 e. The fourth-order valence-electron chi connectivity index (χ4n) is 4.87. The summed E-state index contributed by atoms with van der Waals surface area (Å²) in [5.74, 6) is -0.481. The van der Waals surface area contributed by atoms with E-state index in [0.29, 0.717) is 25.2 Å². The lowest BCUT2D eigenvalue weighted by Gasteiger charge is -2.50. The van der Waals surface area contributed by atoms with Crippen LogP contribution in [0, 0.1) is 24.1 Å². The van der Waals surface area contributed by atoms with Crippen LogP contribution in [0.4, 0.5) is 9.18 Å². The van der Waals surface area contributed by atoms with Gasteiger partial charge in [0.1, 0.15) is 18.5 Å². The molecule has 4 rings (SSSR count). The van der Waals surface area contributed by atoms with Crippen LogP contribution in [-0.2, 0) is 11.3 Å². The predicted octanol–water partition coefficient (Wildman–Crippen LogP) is 3.87. The van der Waals surface area contributed by atoms with Crippen molar-refractivity contribution in [3.05, 3.63) is 83.2 Å². The van der Waals surface area contributed by atoms with Crippen molar-refractivity contribution in [2.45, 2.75) is 25.6 Å². The molecule has 0 saturated carbocycles. The Hall–Kier alpha value is -3.21. The van der Waals surface area contributed by atoms with Gasteiger partial charge in [-0.2, -0.15) is 5.26 Å². The standard InChI is InChI=1S/C26H29FN4O2/c1-3-11-30-15-21-16-31(26(32)33-18-20-7-5-4-6-8-20)13-12-29(21)17-25(30)22-9-10-24(27)23(14-28)19(22)2/h3-10,21,25H,1,11-13,15-18H2,2H3/t21-,25+/m1/s1. The molecule has 2 aliphatic heterocycles. The maximum absolute atomic E-state index is 14.1. The lowest BCUT2D eigenvalue weighted by Crippen LogP contribution is -2.63. The molecule has 0 bridgehead atoms. The van der Waals surface area contributed by atoms with E-state index in [4.69, 9.17) is 4.74 Å². The number of piperazine rings is 2. The third kappa shape index (κ3) is 4.92. The zero-order valence-corrected chi connectivity index (χ0v) is 18.9. The van der Waals surface area contributed by atoms with Gasteiger partial charge >= 0.3 is 6.09 Å². The highest BCUT2D eigenvalue weighted by Crippen LogP contribution is 2.33. The summed E-state index contributed by atoms with van der Waals surface area (Å²) in [5.41, 5.74) is 2.74. The van der Waals surface area contributed by atoms with Gasteiger partial charge in [0.05, 0.1) is 5.56 Å². The molecule has 0 aromatic heterocycles. The van der Waals surface area contributed by atoms with Crippen LogP contribution >= 0.6 is 0 Å². The van der Waals surface area contributed by atoms with Crippen LogP contribution in [0.2, 0.25) is 0 Å². The van der Waals surface area contributed by atoms with Gasteiger partial charge in [0.15, 0.2) is 0 Å². The summed E-state index contributed by atoms with van der Waals surface area (Å²) in [4.78, 5) is 19.1. The summed E-state index contributed by atoms with van der Waals surface area (Å²) in [6, 6.07) is 15.1. The normalized spacial score (nSPS) is 21.2. The highest BCUT2D eigenvalue weighted by molar-refractivity contribution is 5.67. The molecule has 2 aromatic rings. The number of rotatable bonds is 5. The molecule has 0 spiro atoms. The molecule has 0 N–H and O–H groups in total. The lowest BCUT2D eigenvalue weighted by molar-refractivity contribution is -0.0156. The summed E-state index contributed by atoms with van der Waals surface area (Å²) in [6.45, 7) is 10.1. The molecule has 2 atom stereocenters. The Morgan fingerprint density at radius 1 is 1.21 bits per heavy atom. The molecule has 7 heteroatoms. The Morgan fingerprint density at radius 3 is 2.73 bits per heavy atom. The number of halogens is 1. The van der Waals surface area contributed by atoms with E-state index in [-0.39, 0.29) is 30.3 Å². The van der Waals surface area contributed by atoms with E-state index in [9.17, 15) is 14.4 Å². The molecule has 1 amide bonds. The monoisotopic (exact) mass is 448 g/mol. The molecule has 2 heterocycles. The molecular weight excluding hydrogens is 419 g/mol. The Morgan fingerprint density at radius 2 is 2.00 bits per heavy atom. The maximum atomic E-state index is 14.1. The van der Waals surface area contributed by atoms with E-state index in [0.717, 1.165) is 30.8 Å². The Balaban J connectivity index is 1.45. The van der Waals surface area contributed by atoms with Crippen molar-refractivity contribution in [2.75, 3.05) is 39.3 Å². The van der Waals surface area contributed by atoms with Crippen molar-refractivity contribution in [1.29, 1.82) is 5.26 Å². The molecule has 0 unspecified atom stereocenters. The SMILES string of the molecule is C=CCN1C[C@@H]2CN(C(=O)OCc3ccccc3)CCN2C[C@H]1c1ccc(F)c(C#N)c1C.